The van der Waals surface area contributed by atoms with E-state index in [4.69, 9.17) is 16.3 Å². The number of nitrogens with one attached hydrogen (secondary N) is 2. The minimum atomic E-state index is -0.590. The summed E-state index contributed by atoms with van der Waals surface area (Å²) in [6.07, 6.45) is 2.34. The number of likely N-dealkylation sites (tertiary alicyclic amines) is 1. The molecule has 0 spiro atoms. The molecule has 0 bridgehead atoms. The molecule has 3 aromatic rings. The molecule has 0 radical (unpaired) electrons. The molecule has 1 atom stereocenters. The average Bonchev–Trinajstić information content (AvgIpc) is 3.19. The second-order valence-electron chi connectivity index (χ2n) is 9.15. The number of rotatable bonds is 6. The quantitative estimate of drug-likeness (QED) is 0.361. The van der Waals surface area contributed by atoms with Crippen LogP contribution < -0.4 is 10.6 Å². The van der Waals surface area contributed by atoms with Crippen molar-refractivity contribution in [3.8, 4) is 11.8 Å². The predicted octanol–water partition coefficient (Wildman–Crippen LogP) is 5.00. The minimum Gasteiger partial charge on any atom is -0.380 e. The molecule has 186 valence electrons. The molecular formula is C27H27ClFN5O2. The van der Waals surface area contributed by atoms with Gasteiger partial charge in [0.15, 0.2) is 5.82 Å². The van der Waals surface area contributed by atoms with Crippen LogP contribution in [0.25, 0.3) is 10.9 Å². The van der Waals surface area contributed by atoms with Crippen LogP contribution >= 0.6 is 11.6 Å². The molecule has 1 aliphatic heterocycles. The summed E-state index contributed by atoms with van der Waals surface area (Å²) in [6.45, 7) is 7.85. The lowest BCUT2D eigenvalue weighted by molar-refractivity contribution is -0.113. The summed E-state index contributed by atoms with van der Waals surface area (Å²) in [4.78, 5) is 23.7. The van der Waals surface area contributed by atoms with Gasteiger partial charge in [0.1, 0.15) is 12.1 Å². The maximum absolute atomic E-state index is 14.5. The Morgan fingerprint density at radius 3 is 2.86 bits per heavy atom. The number of hydrogen-bond donors (Lipinski definition) is 2. The number of benzene rings is 2. The number of nitrogens with zero attached hydrogens (tertiary/aromatic N) is 3. The molecule has 2 aromatic carbocycles. The fraction of sp³-hybridized carbons (Fsp3) is 0.296. The largest absolute Gasteiger partial charge is 0.380 e. The van der Waals surface area contributed by atoms with E-state index in [1.165, 1.54) is 19.5 Å². The summed E-state index contributed by atoms with van der Waals surface area (Å²) in [6, 6.07) is 8.18. The van der Waals surface area contributed by atoms with Crippen LogP contribution in [0.5, 0.6) is 0 Å². The van der Waals surface area contributed by atoms with Crippen molar-refractivity contribution in [2.45, 2.75) is 13.3 Å². The molecule has 9 heteroatoms. The van der Waals surface area contributed by atoms with E-state index in [1.54, 1.807) is 24.3 Å². The van der Waals surface area contributed by atoms with Gasteiger partial charge in [-0.15, -0.1) is 0 Å². The number of ether oxygens (including phenoxy) is 1. The molecule has 2 heterocycles. The molecule has 36 heavy (non-hydrogen) atoms. The van der Waals surface area contributed by atoms with Crippen molar-refractivity contribution < 1.29 is 13.9 Å². The van der Waals surface area contributed by atoms with Crippen molar-refractivity contribution in [2.75, 3.05) is 44.5 Å². The first kappa shape index (κ1) is 25.6. The van der Waals surface area contributed by atoms with E-state index in [-0.39, 0.29) is 28.3 Å². The smallest absolute Gasteiger partial charge is 0.253 e. The lowest BCUT2D eigenvalue weighted by atomic mass is 9.90. The second kappa shape index (κ2) is 10.6. The van der Waals surface area contributed by atoms with Gasteiger partial charge >= 0.3 is 0 Å². The summed E-state index contributed by atoms with van der Waals surface area (Å²) >= 11 is 5.93. The fourth-order valence-corrected chi connectivity index (χ4v) is 4.27. The normalized spacial score (nSPS) is 17.5. The zero-order valence-corrected chi connectivity index (χ0v) is 21.2. The highest BCUT2D eigenvalue weighted by atomic mass is 35.5. The van der Waals surface area contributed by atoms with Gasteiger partial charge in [-0.1, -0.05) is 36.1 Å². The molecule has 1 aromatic heterocycles. The SMILES string of the molecule is C=C(COC)C(=O)Nc1cc2c(Nc3cccc(Cl)c3F)ncnc2cc1C#CC1(C)CCN(C)C1. The number of halogens is 2. The number of carbonyl (C=O) groups excluding carboxylic acids is 1. The Bertz CT molecular complexity index is 1400. The Kier molecular flexibility index (Phi) is 7.55. The highest BCUT2D eigenvalue weighted by molar-refractivity contribution is 6.31. The highest BCUT2D eigenvalue weighted by Gasteiger charge is 2.30. The Balaban J connectivity index is 1.79. The van der Waals surface area contributed by atoms with E-state index >= 15 is 0 Å². The first-order valence-corrected chi connectivity index (χ1v) is 11.8. The van der Waals surface area contributed by atoms with E-state index in [2.05, 4.69) is 57.9 Å². The molecule has 0 saturated carbocycles. The van der Waals surface area contributed by atoms with Crippen LogP contribution in [0.3, 0.4) is 0 Å². The molecule has 1 fully saturated rings. The first-order valence-electron chi connectivity index (χ1n) is 11.4. The number of hydrogen-bond acceptors (Lipinski definition) is 6. The summed E-state index contributed by atoms with van der Waals surface area (Å²) in [5, 5.41) is 6.43. The van der Waals surface area contributed by atoms with Crippen molar-refractivity contribution in [1.29, 1.82) is 0 Å². The Morgan fingerprint density at radius 2 is 2.14 bits per heavy atom. The topological polar surface area (TPSA) is 79.4 Å². The highest BCUT2D eigenvalue weighted by Crippen LogP contribution is 2.32. The van der Waals surface area contributed by atoms with Gasteiger partial charge < -0.3 is 20.3 Å². The number of fused-ring (bicyclic) bond motifs is 1. The summed E-state index contributed by atoms with van der Waals surface area (Å²) in [5.41, 5.74) is 1.94. The van der Waals surface area contributed by atoms with Crippen LogP contribution in [-0.4, -0.2) is 54.6 Å². The Labute approximate surface area is 214 Å². The molecule has 1 unspecified atom stereocenters. The van der Waals surface area contributed by atoms with Gasteiger partial charge in [0.2, 0.25) is 0 Å². The summed E-state index contributed by atoms with van der Waals surface area (Å²) in [7, 11) is 3.57. The van der Waals surface area contributed by atoms with E-state index < -0.39 is 11.7 Å². The molecule has 2 N–H and O–H groups in total. The maximum Gasteiger partial charge on any atom is 0.253 e. The fourth-order valence-electron chi connectivity index (χ4n) is 4.10. The van der Waals surface area contributed by atoms with Crippen molar-refractivity contribution in [2.24, 2.45) is 5.41 Å². The van der Waals surface area contributed by atoms with Gasteiger partial charge in [-0.3, -0.25) is 4.79 Å². The van der Waals surface area contributed by atoms with Crippen LogP contribution in [-0.2, 0) is 9.53 Å². The number of methoxy groups -OCH3 is 1. The van der Waals surface area contributed by atoms with Crippen LogP contribution in [0.4, 0.5) is 21.6 Å². The molecule has 1 saturated heterocycles. The lowest BCUT2D eigenvalue weighted by Crippen LogP contribution is -2.20. The van der Waals surface area contributed by atoms with Gasteiger partial charge in [-0.05, 0) is 51.2 Å². The Morgan fingerprint density at radius 1 is 1.33 bits per heavy atom. The zero-order valence-electron chi connectivity index (χ0n) is 20.4. The molecule has 7 nitrogen and oxygen atoms in total. The third-order valence-electron chi connectivity index (χ3n) is 6.03. The monoisotopic (exact) mass is 507 g/mol. The molecular weight excluding hydrogens is 481 g/mol. The molecule has 1 amide bonds. The van der Waals surface area contributed by atoms with Gasteiger partial charge in [-0.25, -0.2) is 14.4 Å². The third kappa shape index (κ3) is 5.65. The second-order valence-corrected chi connectivity index (χ2v) is 9.56. The van der Waals surface area contributed by atoms with Crippen LogP contribution in [0.2, 0.25) is 5.02 Å². The lowest BCUT2D eigenvalue weighted by Gasteiger charge is -2.16. The van der Waals surface area contributed by atoms with Crippen LogP contribution in [0.15, 0.2) is 48.8 Å². The summed E-state index contributed by atoms with van der Waals surface area (Å²) < 4.78 is 19.6. The van der Waals surface area contributed by atoms with E-state index in [1.807, 2.05) is 0 Å². The van der Waals surface area contributed by atoms with E-state index in [9.17, 15) is 9.18 Å². The maximum atomic E-state index is 14.5. The zero-order chi connectivity index (χ0) is 25.9. The number of amides is 1. The predicted molar refractivity (Wildman–Crippen MR) is 141 cm³/mol. The third-order valence-corrected chi connectivity index (χ3v) is 6.32. The van der Waals surface area contributed by atoms with Crippen LogP contribution in [0, 0.1) is 23.1 Å². The van der Waals surface area contributed by atoms with Gasteiger partial charge in [0.05, 0.1) is 34.1 Å². The molecule has 1 aliphatic rings. The van der Waals surface area contributed by atoms with E-state index in [0.717, 1.165) is 19.5 Å². The van der Waals surface area contributed by atoms with Gasteiger partial charge in [0, 0.05) is 30.0 Å². The Hall–Kier alpha value is -3.51. The van der Waals surface area contributed by atoms with Gasteiger partial charge in [-0.2, -0.15) is 0 Å². The number of carbonyl (C=O) groups is 1. The van der Waals surface area contributed by atoms with Crippen molar-refractivity contribution in [1.82, 2.24) is 14.9 Å². The number of anilines is 3. The van der Waals surface area contributed by atoms with Gasteiger partial charge in [0.25, 0.3) is 5.91 Å². The molecule has 4 rings (SSSR count). The van der Waals surface area contributed by atoms with E-state index in [0.29, 0.717) is 28.0 Å². The minimum absolute atomic E-state index is 0.00779. The van der Waals surface area contributed by atoms with Crippen molar-refractivity contribution >= 4 is 45.6 Å². The number of aromatic nitrogens is 2. The average molecular weight is 508 g/mol. The molecule has 0 aliphatic carbocycles. The van der Waals surface area contributed by atoms with Crippen molar-refractivity contribution in [3.05, 3.63) is 65.2 Å². The first-order chi connectivity index (χ1) is 17.2. The van der Waals surface area contributed by atoms with Crippen molar-refractivity contribution in [3.63, 3.8) is 0 Å². The summed E-state index contributed by atoms with van der Waals surface area (Å²) in [5.74, 6) is 6.03. The standard InChI is InChI=1S/C27H27ClFN5O2/c1-17(14-36-4)26(35)33-22-13-19-23(12-18(22)8-9-27(2)10-11-34(3)15-27)30-16-31-25(19)32-21-7-5-6-20(28)24(21)29/h5-7,12-13,16H,1,10-11,14-15H2,2-4H3,(H,33,35)(H,30,31,32). The van der Waals surface area contributed by atoms with Crippen LogP contribution in [0.1, 0.15) is 18.9 Å².